The minimum atomic E-state index is 0.817. The van der Waals surface area contributed by atoms with Gasteiger partial charge in [-0.15, -0.1) is 10.2 Å². The highest BCUT2D eigenvalue weighted by molar-refractivity contribution is 5.79. The molecule has 1 aliphatic rings. The number of benzene rings is 1. The Labute approximate surface area is 167 Å². The number of hydrogen-bond donors (Lipinski definition) is 1. The Bertz CT molecular complexity index is 758. The third-order valence-electron chi connectivity index (χ3n) is 5.00. The Morgan fingerprint density at radius 1 is 1.18 bits per heavy atom. The van der Waals surface area contributed by atoms with Gasteiger partial charge in [-0.25, -0.2) is 0 Å². The van der Waals surface area contributed by atoms with E-state index in [1.807, 2.05) is 13.1 Å². The van der Waals surface area contributed by atoms with Crippen LogP contribution in [0.2, 0.25) is 0 Å². The van der Waals surface area contributed by atoms with Crippen LogP contribution < -0.4 is 5.32 Å². The lowest BCUT2D eigenvalue weighted by molar-refractivity contribution is 0.194. The molecule has 1 aliphatic heterocycles. The first-order valence-electron chi connectivity index (χ1n) is 10.1. The number of nitrogens with one attached hydrogen (secondary N) is 1. The molecule has 0 unspecified atom stereocenters. The molecule has 0 amide bonds. The first-order valence-corrected chi connectivity index (χ1v) is 10.1. The molecule has 7 heteroatoms. The van der Waals surface area contributed by atoms with E-state index in [0.29, 0.717) is 0 Å². The van der Waals surface area contributed by atoms with Crippen LogP contribution in [0.5, 0.6) is 0 Å². The molecule has 1 N–H and O–H groups in total. The van der Waals surface area contributed by atoms with Gasteiger partial charge in [-0.2, -0.15) is 0 Å². The van der Waals surface area contributed by atoms with Gasteiger partial charge in [0.1, 0.15) is 12.2 Å². The molecule has 0 aliphatic carbocycles. The van der Waals surface area contributed by atoms with Crippen LogP contribution in [0.4, 0.5) is 0 Å². The van der Waals surface area contributed by atoms with Crippen molar-refractivity contribution < 1.29 is 0 Å². The number of piperazine rings is 1. The molecule has 2 aromatic rings. The second-order valence-electron chi connectivity index (χ2n) is 6.87. The summed E-state index contributed by atoms with van der Waals surface area (Å²) in [5.74, 6) is 2.00. The van der Waals surface area contributed by atoms with Gasteiger partial charge in [-0.3, -0.25) is 9.89 Å². The fourth-order valence-corrected chi connectivity index (χ4v) is 3.40. The van der Waals surface area contributed by atoms with Gasteiger partial charge in [0.25, 0.3) is 0 Å². The number of rotatable bonds is 7. The summed E-state index contributed by atoms with van der Waals surface area (Å²) in [4.78, 5) is 9.28. The number of aryl methyl sites for hydroxylation is 1. The Kier molecular flexibility index (Phi) is 7.61. The summed E-state index contributed by atoms with van der Waals surface area (Å²) in [6.45, 7) is 8.83. The van der Waals surface area contributed by atoms with Gasteiger partial charge in [-0.1, -0.05) is 49.4 Å². The highest BCUT2D eigenvalue weighted by Gasteiger charge is 2.18. The Hall–Kier alpha value is -2.67. The number of aromatic nitrogens is 3. The summed E-state index contributed by atoms with van der Waals surface area (Å²) >= 11 is 0. The van der Waals surface area contributed by atoms with Gasteiger partial charge < -0.3 is 14.8 Å². The molecular weight excluding hydrogens is 350 g/mol. The number of guanidine groups is 1. The quantitative estimate of drug-likeness (QED) is 0.585. The van der Waals surface area contributed by atoms with Crippen molar-refractivity contribution in [3.05, 3.63) is 54.1 Å². The molecule has 0 saturated carbocycles. The average Bonchev–Trinajstić information content (AvgIpc) is 3.20. The monoisotopic (exact) mass is 381 g/mol. The zero-order chi connectivity index (χ0) is 19.6. The SMILES string of the molecule is CCc1nncn1CCNC(=NC)N1CCN(C/C=C/c2ccccc2)CC1. The predicted molar refractivity (Wildman–Crippen MR) is 114 cm³/mol. The molecule has 150 valence electrons. The van der Waals surface area contributed by atoms with Gasteiger partial charge in [0.15, 0.2) is 5.96 Å². The maximum Gasteiger partial charge on any atom is 0.193 e. The molecular formula is C21H31N7. The van der Waals surface area contributed by atoms with Crippen LogP contribution in [0.1, 0.15) is 18.3 Å². The van der Waals surface area contributed by atoms with Crippen LogP contribution in [0, 0.1) is 0 Å². The van der Waals surface area contributed by atoms with Crippen molar-refractivity contribution in [2.24, 2.45) is 4.99 Å². The van der Waals surface area contributed by atoms with Gasteiger partial charge in [0.05, 0.1) is 0 Å². The fourth-order valence-electron chi connectivity index (χ4n) is 3.40. The van der Waals surface area contributed by atoms with E-state index in [2.05, 4.69) is 78.2 Å². The Morgan fingerprint density at radius 2 is 1.96 bits per heavy atom. The molecule has 28 heavy (non-hydrogen) atoms. The molecule has 1 saturated heterocycles. The van der Waals surface area contributed by atoms with E-state index in [0.717, 1.165) is 64.0 Å². The topological polar surface area (TPSA) is 61.6 Å². The summed E-state index contributed by atoms with van der Waals surface area (Å²) < 4.78 is 2.09. The summed E-state index contributed by atoms with van der Waals surface area (Å²) in [5, 5.41) is 11.6. The highest BCUT2D eigenvalue weighted by atomic mass is 15.3. The normalized spacial score (nSPS) is 16.1. The molecule has 3 rings (SSSR count). The van der Waals surface area contributed by atoms with E-state index in [1.165, 1.54) is 5.56 Å². The lowest BCUT2D eigenvalue weighted by Gasteiger charge is -2.36. The fraction of sp³-hybridized carbons (Fsp3) is 0.476. The van der Waals surface area contributed by atoms with Gasteiger partial charge >= 0.3 is 0 Å². The third-order valence-corrected chi connectivity index (χ3v) is 5.00. The zero-order valence-corrected chi connectivity index (χ0v) is 17.0. The van der Waals surface area contributed by atoms with Gasteiger partial charge in [0, 0.05) is 59.3 Å². The summed E-state index contributed by atoms with van der Waals surface area (Å²) in [6, 6.07) is 10.5. The number of hydrogen-bond acceptors (Lipinski definition) is 4. The summed E-state index contributed by atoms with van der Waals surface area (Å²) in [7, 11) is 1.85. The minimum Gasteiger partial charge on any atom is -0.354 e. The molecule has 0 bridgehead atoms. The lowest BCUT2D eigenvalue weighted by atomic mass is 10.2. The maximum absolute atomic E-state index is 4.46. The van der Waals surface area contributed by atoms with Crippen molar-refractivity contribution >= 4 is 12.0 Å². The van der Waals surface area contributed by atoms with E-state index in [9.17, 15) is 0 Å². The van der Waals surface area contributed by atoms with Crippen molar-refractivity contribution in [3.8, 4) is 0 Å². The number of nitrogens with zero attached hydrogens (tertiary/aromatic N) is 6. The second kappa shape index (κ2) is 10.6. The average molecular weight is 382 g/mol. The van der Waals surface area contributed by atoms with Crippen molar-refractivity contribution in [1.82, 2.24) is 29.9 Å². The van der Waals surface area contributed by atoms with Crippen molar-refractivity contribution in [2.45, 2.75) is 19.9 Å². The standard InChI is InChI=1S/C21H31N7/c1-3-20-25-24-18-28(20)13-11-23-21(22-2)27-16-14-26(15-17-27)12-7-10-19-8-5-4-6-9-19/h4-10,18H,3,11-17H2,1-2H3,(H,22,23)/b10-7+. The molecule has 0 spiro atoms. The largest absolute Gasteiger partial charge is 0.354 e. The van der Waals surface area contributed by atoms with Crippen molar-refractivity contribution in [1.29, 1.82) is 0 Å². The van der Waals surface area contributed by atoms with E-state index in [1.54, 1.807) is 6.33 Å². The minimum absolute atomic E-state index is 0.817. The predicted octanol–water partition coefficient (Wildman–Crippen LogP) is 1.75. The van der Waals surface area contributed by atoms with Crippen LogP contribution in [-0.4, -0.2) is 76.8 Å². The molecule has 2 heterocycles. The first kappa shape index (κ1) is 20.1. The maximum atomic E-state index is 4.46. The number of aliphatic imine (C=N–C) groups is 1. The van der Waals surface area contributed by atoms with Crippen LogP contribution in [0.25, 0.3) is 6.08 Å². The van der Waals surface area contributed by atoms with Crippen LogP contribution in [0.15, 0.2) is 47.7 Å². The smallest absolute Gasteiger partial charge is 0.193 e. The van der Waals surface area contributed by atoms with E-state index < -0.39 is 0 Å². The van der Waals surface area contributed by atoms with E-state index in [4.69, 9.17) is 0 Å². The molecule has 1 fully saturated rings. The van der Waals surface area contributed by atoms with Crippen molar-refractivity contribution in [2.75, 3.05) is 46.3 Å². The van der Waals surface area contributed by atoms with Crippen molar-refractivity contribution in [3.63, 3.8) is 0 Å². The molecule has 0 radical (unpaired) electrons. The van der Waals surface area contributed by atoms with E-state index in [-0.39, 0.29) is 0 Å². The molecule has 1 aromatic carbocycles. The first-order chi connectivity index (χ1) is 13.8. The van der Waals surface area contributed by atoms with Crippen LogP contribution in [-0.2, 0) is 13.0 Å². The van der Waals surface area contributed by atoms with Crippen LogP contribution in [0.3, 0.4) is 0 Å². The molecule has 7 nitrogen and oxygen atoms in total. The lowest BCUT2D eigenvalue weighted by Crippen LogP contribution is -2.52. The van der Waals surface area contributed by atoms with Gasteiger partial charge in [0.2, 0.25) is 0 Å². The zero-order valence-electron chi connectivity index (χ0n) is 17.0. The molecule has 0 atom stereocenters. The molecule has 1 aromatic heterocycles. The highest BCUT2D eigenvalue weighted by Crippen LogP contribution is 2.05. The van der Waals surface area contributed by atoms with E-state index >= 15 is 0 Å². The third kappa shape index (κ3) is 5.66. The summed E-state index contributed by atoms with van der Waals surface area (Å²) in [5.41, 5.74) is 1.25. The van der Waals surface area contributed by atoms with Gasteiger partial charge in [-0.05, 0) is 5.56 Å². The van der Waals surface area contributed by atoms with Crippen LogP contribution >= 0.6 is 0 Å². The Balaban J connectivity index is 1.39. The Morgan fingerprint density at radius 3 is 2.68 bits per heavy atom. The second-order valence-corrected chi connectivity index (χ2v) is 6.87. The summed E-state index contributed by atoms with van der Waals surface area (Å²) in [6.07, 6.45) is 7.14.